The van der Waals surface area contributed by atoms with Gasteiger partial charge in [0.1, 0.15) is 5.76 Å². The lowest BCUT2D eigenvalue weighted by molar-refractivity contribution is -0.161. The van der Waals surface area contributed by atoms with Crippen LogP contribution in [-0.2, 0) is 9.47 Å². The summed E-state index contributed by atoms with van der Waals surface area (Å²) in [6.07, 6.45) is 6.30. The predicted octanol–water partition coefficient (Wildman–Crippen LogP) is 3.65. The van der Waals surface area contributed by atoms with Crippen molar-refractivity contribution in [3.63, 3.8) is 0 Å². The zero-order chi connectivity index (χ0) is 11.7. The molecule has 0 radical (unpaired) electrons. The third-order valence-electron chi connectivity index (χ3n) is 3.54. The zero-order valence-electron chi connectivity index (χ0n) is 10.2. The van der Waals surface area contributed by atoms with Crippen LogP contribution >= 0.6 is 0 Å². The monoisotopic (exact) mass is 230 g/mol. The van der Waals surface area contributed by atoms with Crippen LogP contribution < -0.4 is 0 Å². The molecule has 1 aromatic carbocycles. The van der Waals surface area contributed by atoms with Crippen LogP contribution in [0.3, 0.4) is 0 Å². The van der Waals surface area contributed by atoms with Crippen molar-refractivity contribution in [3.05, 3.63) is 41.2 Å². The number of allylic oxidation sites excluding steroid dienone is 1. The molecule has 0 bridgehead atoms. The normalized spacial score (nSPS) is 30.1. The highest BCUT2D eigenvalue weighted by atomic mass is 16.7. The maximum absolute atomic E-state index is 5.98. The van der Waals surface area contributed by atoms with Gasteiger partial charge in [-0.3, -0.25) is 0 Å². The topological polar surface area (TPSA) is 18.5 Å². The van der Waals surface area contributed by atoms with Gasteiger partial charge in [0.25, 0.3) is 0 Å². The fourth-order valence-electron chi connectivity index (χ4n) is 2.55. The molecule has 2 nitrogen and oxygen atoms in total. The summed E-state index contributed by atoms with van der Waals surface area (Å²) >= 11 is 0. The van der Waals surface area contributed by atoms with Gasteiger partial charge in [-0.25, -0.2) is 0 Å². The number of aryl methyl sites for hydroxylation is 1. The molecule has 17 heavy (non-hydrogen) atoms. The molecule has 2 aliphatic heterocycles. The molecule has 2 heterocycles. The van der Waals surface area contributed by atoms with Crippen molar-refractivity contribution < 1.29 is 9.47 Å². The first-order chi connectivity index (χ1) is 8.26. The van der Waals surface area contributed by atoms with Crippen LogP contribution in [-0.4, -0.2) is 12.4 Å². The lowest BCUT2D eigenvalue weighted by atomic mass is 10.1. The summed E-state index contributed by atoms with van der Waals surface area (Å²) in [5, 5.41) is 0. The number of ether oxygens (including phenoxy) is 2. The van der Waals surface area contributed by atoms with Crippen LogP contribution in [0.5, 0.6) is 0 Å². The molecule has 0 aliphatic carbocycles. The number of hydrogen-bond donors (Lipinski definition) is 0. The van der Waals surface area contributed by atoms with Crippen molar-refractivity contribution in [2.75, 3.05) is 6.61 Å². The molecule has 0 aromatic heterocycles. The average Bonchev–Trinajstić information content (AvgIpc) is 2.94. The number of benzene rings is 1. The summed E-state index contributed by atoms with van der Waals surface area (Å²) in [4.78, 5) is 0. The van der Waals surface area contributed by atoms with Crippen LogP contribution in [0.1, 0.15) is 36.8 Å². The van der Waals surface area contributed by atoms with E-state index in [0.29, 0.717) is 0 Å². The van der Waals surface area contributed by atoms with Gasteiger partial charge < -0.3 is 9.47 Å². The standard InChI is InChI=1S/C15H18O2/c1-12-3-5-13(6-4-12)11-14-7-9-15(17-14)8-2-10-16-15/h3-6,11H,2,7-10H2,1H3/b14-11-. The maximum atomic E-state index is 5.98. The highest BCUT2D eigenvalue weighted by molar-refractivity contribution is 5.52. The average molecular weight is 230 g/mol. The Hall–Kier alpha value is -1.28. The van der Waals surface area contributed by atoms with Crippen molar-refractivity contribution >= 4 is 6.08 Å². The van der Waals surface area contributed by atoms with Crippen molar-refractivity contribution in [1.82, 2.24) is 0 Å². The largest absolute Gasteiger partial charge is 0.467 e. The van der Waals surface area contributed by atoms with E-state index in [1.54, 1.807) is 0 Å². The van der Waals surface area contributed by atoms with Crippen LogP contribution in [0.4, 0.5) is 0 Å². The van der Waals surface area contributed by atoms with Gasteiger partial charge in [0.15, 0.2) is 0 Å². The fraction of sp³-hybridized carbons (Fsp3) is 0.467. The van der Waals surface area contributed by atoms with E-state index < -0.39 is 0 Å². The quantitative estimate of drug-likeness (QED) is 0.733. The summed E-state index contributed by atoms with van der Waals surface area (Å²) < 4.78 is 11.7. The van der Waals surface area contributed by atoms with Gasteiger partial charge in [0.05, 0.1) is 6.61 Å². The molecule has 1 spiro atoms. The van der Waals surface area contributed by atoms with E-state index in [1.165, 1.54) is 11.1 Å². The van der Waals surface area contributed by atoms with Gasteiger partial charge in [-0.1, -0.05) is 29.8 Å². The van der Waals surface area contributed by atoms with Crippen molar-refractivity contribution in [2.24, 2.45) is 0 Å². The summed E-state index contributed by atoms with van der Waals surface area (Å²) in [5.74, 6) is 0.784. The third kappa shape index (κ3) is 2.22. The number of rotatable bonds is 1. The number of hydrogen-bond acceptors (Lipinski definition) is 2. The smallest absolute Gasteiger partial charge is 0.210 e. The Morgan fingerprint density at radius 2 is 2.00 bits per heavy atom. The van der Waals surface area contributed by atoms with E-state index in [9.17, 15) is 0 Å². The second-order valence-corrected chi connectivity index (χ2v) is 4.99. The summed E-state index contributed by atoms with van der Waals surface area (Å²) in [6, 6.07) is 8.52. The molecule has 0 N–H and O–H groups in total. The summed E-state index contributed by atoms with van der Waals surface area (Å²) in [5.41, 5.74) is 2.50. The third-order valence-corrected chi connectivity index (χ3v) is 3.54. The molecule has 0 amide bonds. The molecule has 2 aliphatic rings. The second kappa shape index (κ2) is 4.19. The van der Waals surface area contributed by atoms with Gasteiger partial charge in [0, 0.05) is 19.3 Å². The van der Waals surface area contributed by atoms with Gasteiger partial charge >= 0.3 is 0 Å². The SMILES string of the molecule is Cc1ccc(/C=C2/CCC3(CCCO3)O2)cc1. The van der Waals surface area contributed by atoms with E-state index in [0.717, 1.165) is 38.0 Å². The van der Waals surface area contributed by atoms with E-state index >= 15 is 0 Å². The second-order valence-electron chi connectivity index (χ2n) is 4.99. The lowest BCUT2D eigenvalue weighted by Gasteiger charge is -2.21. The minimum absolute atomic E-state index is 0.281. The predicted molar refractivity (Wildman–Crippen MR) is 67.4 cm³/mol. The zero-order valence-corrected chi connectivity index (χ0v) is 10.2. The molecular weight excluding hydrogens is 212 g/mol. The lowest BCUT2D eigenvalue weighted by Crippen LogP contribution is -2.24. The van der Waals surface area contributed by atoms with Crippen molar-refractivity contribution in [3.8, 4) is 0 Å². The minimum atomic E-state index is -0.281. The molecule has 90 valence electrons. The maximum Gasteiger partial charge on any atom is 0.210 e. The fourth-order valence-corrected chi connectivity index (χ4v) is 2.55. The molecule has 3 rings (SSSR count). The minimum Gasteiger partial charge on any atom is -0.467 e. The first-order valence-electron chi connectivity index (χ1n) is 6.36. The molecule has 2 fully saturated rings. The Bertz CT molecular complexity index is 425. The van der Waals surface area contributed by atoms with Crippen molar-refractivity contribution in [2.45, 2.75) is 38.4 Å². The molecule has 1 aromatic rings. The summed E-state index contributed by atoms with van der Waals surface area (Å²) in [6.45, 7) is 2.95. The molecule has 1 unspecified atom stereocenters. The Labute approximate surface area is 102 Å². The van der Waals surface area contributed by atoms with Gasteiger partial charge in [-0.05, 0) is 25.0 Å². The molecule has 1 atom stereocenters. The molecule has 2 heteroatoms. The van der Waals surface area contributed by atoms with Crippen molar-refractivity contribution in [1.29, 1.82) is 0 Å². The molecule has 0 saturated carbocycles. The highest BCUT2D eigenvalue weighted by Gasteiger charge is 2.42. The van der Waals surface area contributed by atoms with E-state index in [-0.39, 0.29) is 5.79 Å². The Morgan fingerprint density at radius 3 is 2.71 bits per heavy atom. The van der Waals surface area contributed by atoms with Gasteiger partial charge in [-0.15, -0.1) is 0 Å². The Morgan fingerprint density at radius 1 is 1.18 bits per heavy atom. The Balaban J connectivity index is 1.75. The molecule has 2 saturated heterocycles. The van der Waals surface area contributed by atoms with Gasteiger partial charge in [-0.2, -0.15) is 0 Å². The van der Waals surface area contributed by atoms with E-state index in [4.69, 9.17) is 9.47 Å². The van der Waals surface area contributed by atoms with Gasteiger partial charge in [0.2, 0.25) is 5.79 Å². The molecular formula is C15H18O2. The van der Waals surface area contributed by atoms with Crippen LogP contribution in [0.2, 0.25) is 0 Å². The summed E-state index contributed by atoms with van der Waals surface area (Å²) in [7, 11) is 0. The van der Waals surface area contributed by atoms with E-state index in [2.05, 4.69) is 37.3 Å². The van der Waals surface area contributed by atoms with Crippen LogP contribution in [0.25, 0.3) is 6.08 Å². The first kappa shape index (κ1) is 10.8. The van der Waals surface area contributed by atoms with Crippen LogP contribution in [0, 0.1) is 6.92 Å². The van der Waals surface area contributed by atoms with E-state index in [1.807, 2.05) is 0 Å². The Kier molecular flexibility index (Phi) is 2.67. The van der Waals surface area contributed by atoms with Crippen LogP contribution in [0.15, 0.2) is 30.0 Å². The highest BCUT2D eigenvalue weighted by Crippen LogP contribution is 2.41. The first-order valence-corrected chi connectivity index (χ1v) is 6.36.